The standard InChI is InChI=1S/C20H27F6NO8/c1-33-9-18(19(21,22)23,20(24,25)26)10-34-11-5-7-12(8-6-11)35-17(30)15-13(16(28)29)3-2-4-14(15)27(31)32/h11-15H,2-10H2,1H3,(H,28,29). The number of rotatable bonds is 9. The minimum Gasteiger partial charge on any atom is -0.481 e. The quantitative estimate of drug-likeness (QED) is 0.210. The van der Waals surface area contributed by atoms with E-state index >= 15 is 0 Å². The lowest BCUT2D eigenvalue weighted by Gasteiger charge is -2.38. The van der Waals surface area contributed by atoms with Gasteiger partial charge in [0.25, 0.3) is 0 Å². The molecule has 202 valence electrons. The summed E-state index contributed by atoms with van der Waals surface area (Å²) in [5.41, 5.74) is -4.21. The highest BCUT2D eigenvalue weighted by molar-refractivity contribution is 5.82. The van der Waals surface area contributed by atoms with E-state index in [1.165, 1.54) is 0 Å². The maximum atomic E-state index is 13.3. The van der Waals surface area contributed by atoms with Crippen molar-refractivity contribution >= 4 is 11.9 Å². The number of hydrogen-bond donors (Lipinski definition) is 1. The lowest BCUT2D eigenvalue weighted by Crippen LogP contribution is -2.56. The molecule has 0 bridgehead atoms. The summed E-state index contributed by atoms with van der Waals surface area (Å²) in [5, 5.41) is 20.7. The van der Waals surface area contributed by atoms with Crippen LogP contribution in [0.5, 0.6) is 0 Å². The van der Waals surface area contributed by atoms with E-state index in [2.05, 4.69) is 4.74 Å². The first-order chi connectivity index (χ1) is 16.1. The highest BCUT2D eigenvalue weighted by atomic mass is 19.4. The van der Waals surface area contributed by atoms with Gasteiger partial charge in [-0.1, -0.05) is 0 Å². The summed E-state index contributed by atoms with van der Waals surface area (Å²) < 4.78 is 94.6. The maximum Gasteiger partial charge on any atom is 0.407 e. The number of halogens is 6. The van der Waals surface area contributed by atoms with Crippen molar-refractivity contribution in [1.82, 2.24) is 0 Å². The fourth-order valence-electron chi connectivity index (χ4n) is 4.60. The normalized spacial score (nSPS) is 28.4. The number of methoxy groups -OCH3 is 1. The average Bonchev–Trinajstić information content (AvgIpc) is 2.75. The summed E-state index contributed by atoms with van der Waals surface area (Å²) in [6.07, 6.45) is -12.8. The van der Waals surface area contributed by atoms with Crippen molar-refractivity contribution in [3.05, 3.63) is 10.1 Å². The molecule has 2 aliphatic carbocycles. The molecule has 2 fully saturated rings. The van der Waals surface area contributed by atoms with Crippen molar-refractivity contribution in [3.63, 3.8) is 0 Å². The Morgan fingerprint density at radius 2 is 1.49 bits per heavy atom. The van der Waals surface area contributed by atoms with Crippen LogP contribution in [0.2, 0.25) is 0 Å². The van der Waals surface area contributed by atoms with Gasteiger partial charge >= 0.3 is 24.3 Å². The molecule has 35 heavy (non-hydrogen) atoms. The van der Waals surface area contributed by atoms with Crippen LogP contribution in [0.25, 0.3) is 0 Å². The molecule has 0 radical (unpaired) electrons. The van der Waals surface area contributed by atoms with E-state index in [0.29, 0.717) is 0 Å². The van der Waals surface area contributed by atoms with E-state index in [4.69, 9.17) is 9.47 Å². The van der Waals surface area contributed by atoms with Gasteiger partial charge in [0, 0.05) is 18.5 Å². The Morgan fingerprint density at radius 1 is 0.943 bits per heavy atom. The predicted molar refractivity (Wildman–Crippen MR) is 104 cm³/mol. The molecule has 2 aliphatic rings. The first-order valence-electron chi connectivity index (χ1n) is 11.0. The monoisotopic (exact) mass is 523 g/mol. The summed E-state index contributed by atoms with van der Waals surface area (Å²) in [6.45, 7) is -3.37. The van der Waals surface area contributed by atoms with Crippen molar-refractivity contribution in [1.29, 1.82) is 0 Å². The van der Waals surface area contributed by atoms with Crippen LogP contribution in [-0.2, 0) is 23.8 Å². The molecule has 0 heterocycles. The van der Waals surface area contributed by atoms with Gasteiger partial charge in [0.05, 0.1) is 25.2 Å². The van der Waals surface area contributed by atoms with Gasteiger partial charge in [-0.25, -0.2) is 0 Å². The zero-order chi connectivity index (χ0) is 26.6. The topological polar surface area (TPSA) is 125 Å². The molecule has 0 aromatic rings. The Hall–Kier alpha value is -2.16. The molecule has 2 saturated carbocycles. The number of hydrogen-bond acceptors (Lipinski definition) is 7. The van der Waals surface area contributed by atoms with Gasteiger partial charge in [-0.05, 0) is 38.5 Å². The summed E-state index contributed by atoms with van der Waals surface area (Å²) >= 11 is 0. The van der Waals surface area contributed by atoms with E-state index < -0.39 is 77.9 Å². The minimum absolute atomic E-state index is 0.0127. The van der Waals surface area contributed by atoms with Gasteiger partial charge in [-0.3, -0.25) is 19.7 Å². The summed E-state index contributed by atoms with van der Waals surface area (Å²) in [7, 11) is 0.719. The fourth-order valence-corrected chi connectivity index (χ4v) is 4.60. The second-order valence-electron chi connectivity index (χ2n) is 8.91. The summed E-state index contributed by atoms with van der Waals surface area (Å²) in [6, 6.07) is -1.42. The molecule has 3 unspecified atom stereocenters. The van der Waals surface area contributed by atoms with E-state index in [1.54, 1.807) is 0 Å². The van der Waals surface area contributed by atoms with Crippen LogP contribution in [0.4, 0.5) is 26.3 Å². The molecule has 15 heteroatoms. The van der Waals surface area contributed by atoms with Crippen LogP contribution < -0.4 is 0 Å². The van der Waals surface area contributed by atoms with Gasteiger partial charge < -0.3 is 19.3 Å². The maximum absolute atomic E-state index is 13.3. The van der Waals surface area contributed by atoms with Crippen LogP contribution in [-0.4, -0.2) is 72.9 Å². The number of nitrogens with zero attached hydrogens (tertiary/aromatic N) is 1. The number of nitro groups is 1. The van der Waals surface area contributed by atoms with Gasteiger partial charge in [0.15, 0.2) is 0 Å². The summed E-state index contributed by atoms with van der Waals surface area (Å²) in [5.74, 6) is -5.18. The molecule has 2 rings (SSSR count). The molecule has 9 nitrogen and oxygen atoms in total. The molecule has 0 aromatic carbocycles. The van der Waals surface area contributed by atoms with Crippen LogP contribution in [0.1, 0.15) is 44.9 Å². The molecule has 1 N–H and O–H groups in total. The smallest absolute Gasteiger partial charge is 0.407 e. The van der Waals surface area contributed by atoms with Gasteiger partial charge in [-0.15, -0.1) is 0 Å². The zero-order valence-corrected chi connectivity index (χ0v) is 18.8. The van der Waals surface area contributed by atoms with E-state index in [9.17, 15) is 51.2 Å². The highest BCUT2D eigenvalue weighted by Crippen LogP contribution is 2.51. The number of ether oxygens (including phenoxy) is 3. The number of aliphatic carboxylic acids is 1. The van der Waals surface area contributed by atoms with Crippen LogP contribution in [0, 0.1) is 27.4 Å². The number of carbonyl (C=O) groups excluding carboxylic acids is 1. The minimum atomic E-state index is -5.68. The Labute approximate surface area is 196 Å². The number of carboxylic acid groups (broad SMARTS) is 1. The zero-order valence-electron chi connectivity index (χ0n) is 18.8. The second-order valence-corrected chi connectivity index (χ2v) is 8.91. The fraction of sp³-hybridized carbons (Fsp3) is 0.900. The van der Waals surface area contributed by atoms with Crippen molar-refractivity contribution in [3.8, 4) is 0 Å². The predicted octanol–water partition coefficient (Wildman–Crippen LogP) is 3.76. The van der Waals surface area contributed by atoms with Crippen LogP contribution in [0.15, 0.2) is 0 Å². The lowest BCUT2D eigenvalue weighted by molar-refractivity contribution is -0.534. The van der Waals surface area contributed by atoms with Crippen molar-refractivity contribution in [2.75, 3.05) is 20.3 Å². The van der Waals surface area contributed by atoms with Gasteiger partial charge in [0.2, 0.25) is 11.5 Å². The molecule has 0 saturated heterocycles. The van der Waals surface area contributed by atoms with E-state index in [1.807, 2.05) is 0 Å². The molecule has 0 aromatic heterocycles. The van der Waals surface area contributed by atoms with Crippen molar-refractivity contribution in [2.45, 2.75) is 75.5 Å². The molecule has 0 spiro atoms. The van der Waals surface area contributed by atoms with E-state index in [0.717, 1.165) is 7.11 Å². The third kappa shape index (κ3) is 6.54. The number of carboxylic acids is 1. The Morgan fingerprint density at radius 3 is 1.94 bits per heavy atom. The molecular weight excluding hydrogens is 496 g/mol. The molecular formula is C20H27F6NO8. The first-order valence-corrected chi connectivity index (χ1v) is 11.0. The van der Waals surface area contributed by atoms with E-state index in [-0.39, 0.29) is 44.9 Å². The second kappa shape index (κ2) is 11.3. The number of alkyl halides is 6. The van der Waals surface area contributed by atoms with Crippen molar-refractivity contribution < 1.29 is 60.2 Å². The Balaban J connectivity index is 1.99. The summed E-state index contributed by atoms with van der Waals surface area (Å²) in [4.78, 5) is 34.8. The molecule has 0 amide bonds. The van der Waals surface area contributed by atoms with Gasteiger partial charge in [-0.2, -0.15) is 26.3 Å². The largest absolute Gasteiger partial charge is 0.481 e. The Kier molecular flexibility index (Phi) is 9.36. The third-order valence-electron chi connectivity index (χ3n) is 6.67. The average molecular weight is 523 g/mol. The number of carbonyl (C=O) groups is 2. The lowest BCUT2D eigenvalue weighted by atomic mass is 9.76. The molecule has 3 atom stereocenters. The third-order valence-corrected chi connectivity index (χ3v) is 6.67. The van der Waals surface area contributed by atoms with Gasteiger partial charge in [0.1, 0.15) is 12.0 Å². The van der Waals surface area contributed by atoms with Crippen molar-refractivity contribution in [2.24, 2.45) is 17.3 Å². The first kappa shape index (κ1) is 29.1. The van der Waals surface area contributed by atoms with Crippen LogP contribution >= 0.6 is 0 Å². The highest BCUT2D eigenvalue weighted by Gasteiger charge is 2.71. The SMILES string of the molecule is COCC(COC1CCC(OC(=O)C2C(C(=O)O)CCCC2[N+](=O)[O-])CC1)(C(F)(F)F)C(F)(F)F. The van der Waals surface area contributed by atoms with Crippen LogP contribution in [0.3, 0.4) is 0 Å². The molecule has 0 aliphatic heterocycles. The Bertz CT molecular complexity index is 730. The number of esters is 1.